The van der Waals surface area contributed by atoms with E-state index in [2.05, 4.69) is 0 Å². The van der Waals surface area contributed by atoms with Crippen molar-refractivity contribution >= 4 is 12.4 Å². The molecule has 0 fully saturated rings. The molecule has 0 saturated carbocycles. The maximum Gasteiger partial charge on any atom is 0.151 e. The smallest absolute Gasteiger partial charge is 0.151 e. The van der Waals surface area contributed by atoms with E-state index < -0.39 is 18.1 Å². The van der Waals surface area contributed by atoms with Gasteiger partial charge in [0.15, 0.2) is 7.14 Å². The third kappa shape index (κ3) is 2.59. The molecular weight excluding hydrogens is 267 g/mol. The van der Waals surface area contributed by atoms with Crippen LogP contribution >= 0.6 is 7.14 Å². The normalized spacial score (nSPS) is 16.4. The molecule has 0 bridgehead atoms. The van der Waals surface area contributed by atoms with Crippen LogP contribution in [0.1, 0.15) is 32.2 Å². The first-order chi connectivity index (χ1) is 9.37. The van der Waals surface area contributed by atoms with E-state index in [1.54, 1.807) is 0 Å². The summed E-state index contributed by atoms with van der Waals surface area (Å²) in [6.45, 7) is 5.77. The number of hydrogen-bond donors (Lipinski definition) is 1. The highest BCUT2D eigenvalue weighted by atomic mass is 31.2. The highest BCUT2D eigenvalue weighted by Gasteiger charge is 2.44. The molecule has 0 aliphatic carbocycles. The molecule has 0 aliphatic heterocycles. The molecule has 2 aromatic rings. The van der Waals surface area contributed by atoms with Gasteiger partial charge in [-0.2, -0.15) is 0 Å². The largest absolute Gasteiger partial charge is 0.380 e. The van der Waals surface area contributed by atoms with Gasteiger partial charge < -0.3 is 9.67 Å². The predicted octanol–water partition coefficient (Wildman–Crippen LogP) is 4.16. The van der Waals surface area contributed by atoms with E-state index in [9.17, 15) is 9.67 Å². The Bertz CT molecular complexity index is 600. The molecule has 0 saturated heterocycles. The first-order valence-electron chi connectivity index (χ1n) is 6.76. The highest BCUT2D eigenvalue weighted by molar-refractivity contribution is 7.73. The fourth-order valence-corrected chi connectivity index (χ4v) is 5.38. The Hall–Kier alpha value is -1.37. The Balaban J connectivity index is 2.58. The van der Waals surface area contributed by atoms with Crippen molar-refractivity contribution in [1.29, 1.82) is 0 Å². The summed E-state index contributed by atoms with van der Waals surface area (Å²) in [7, 11) is -3.01. The van der Waals surface area contributed by atoms with Crippen LogP contribution in [-0.2, 0) is 4.57 Å². The minimum absolute atomic E-state index is 0.510. The number of hydrogen-bond acceptors (Lipinski definition) is 2. The molecular formula is C17H21O2P. The maximum atomic E-state index is 13.7. The first kappa shape index (κ1) is 15.0. The van der Waals surface area contributed by atoms with Gasteiger partial charge in [0.25, 0.3) is 0 Å². The summed E-state index contributed by atoms with van der Waals surface area (Å²) < 4.78 is 13.7. The standard InChI is InChI=1S/C17H21O2P/c1-17(2,3)20(19,15-12-8-5-9-13-15)16(18)14-10-6-4-7-11-14/h4-13,16,18H,1-3H3/t16-,20?/m0/s1. The molecule has 2 atom stereocenters. The molecule has 3 heteroatoms. The molecule has 2 aromatic carbocycles. The van der Waals surface area contributed by atoms with Crippen molar-refractivity contribution in [2.24, 2.45) is 0 Å². The van der Waals surface area contributed by atoms with E-state index in [1.165, 1.54) is 0 Å². The van der Waals surface area contributed by atoms with Gasteiger partial charge in [0.05, 0.1) is 0 Å². The average Bonchev–Trinajstić information content (AvgIpc) is 2.46. The van der Waals surface area contributed by atoms with Gasteiger partial charge in [-0.3, -0.25) is 0 Å². The Labute approximate surface area is 120 Å². The Kier molecular flexibility index (Phi) is 4.17. The summed E-state index contributed by atoms with van der Waals surface area (Å²) in [4.78, 5) is 0. The molecule has 0 aromatic heterocycles. The topological polar surface area (TPSA) is 37.3 Å². The van der Waals surface area contributed by atoms with Crippen molar-refractivity contribution in [2.45, 2.75) is 31.8 Å². The van der Waals surface area contributed by atoms with Crippen molar-refractivity contribution in [3.8, 4) is 0 Å². The van der Waals surface area contributed by atoms with E-state index in [4.69, 9.17) is 0 Å². The van der Waals surface area contributed by atoms with Crippen LogP contribution in [0.4, 0.5) is 0 Å². The molecule has 0 heterocycles. The van der Waals surface area contributed by atoms with E-state index >= 15 is 0 Å². The van der Waals surface area contributed by atoms with Crippen LogP contribution in [0, 0.1) is 0 Å². The van der Waals surface area contributed by atoms with Crippen molar-refractivity contribution < 1.29 is 9.67 Å². The van der Waals surface area contributed by atoms with E-state index in [0.717, 1.165) is 5.30 Å². The molecule has 20 heavy (non-hydrogen) atoms. The SMILES string of the molecule is CC(C)(C)P(=O)(c1ccccc1)[C@H](O)c1ccccc1. The third-order valence-electron chi connectivity index (χ3n) is 3.58. The zero-order chi connectivity index (χ0) is 14.8. The van der Waals surface area contributed by atoms with Gasteiger partial charge in [0, 0.05) is 10.5 Å². The molecule has 106 valence electrons. The van der Waals surface area contributed by atoms with Gasteiger partial charge in [0.1, 0.15) is 5.85 Å². The fraction of sp³-hybridized carbons (Fsp3) is 0.294. The Morgan fingerprint density at radius 3 is 1.80 bits per heavy atom. The predicted molar refractivity (Wildman–Crippen MR) is 84.8 cm³/mol. The van der Waals surface area contributed by atoms with Crippen LogP contribution in [0.15, 0.2) is 60.7 Å². The van der Waals surface area contributed by atoms with E-state index in [0.29, 0.717) is 5.56 Å². The lowest BCUT2D eigenvalue weighted by atomic mass is 10.2. The number of aliphatic hydroxyl groups is 1. The second-order valence-corrected chi connectivity index (χ2v) is 9.61. The summed E-state index contributed by atoms with van der Waals surface area (Å²) in [5.41, 5.74) is 0.703. The second kappa shape index (κ2) is 5.55. The summed E-state index contributed by atoms with van der Waals surface area (Å²) in [6, 6.07) is 18.6. The minimum Gasteiger partial charge on any atom is -0.380 e. The zero-order valence-corrected chi connectivity index (χ0v) is 13.0. The second-order valence-electron chi connectivity index (χ2n) is 5.95. The van der Waals surface area contributed by atoms with Crippen LogP contribution in [0.3, 0.4) is 0 Å². The zero-order valence-electron chi connectivity index (χ0n) is 12.2. The summed E-state index contributed by atoms with van der Waals surface area (Å²) in [6.07, 6.45) is 0. The monoisotopic (exact) mass is 288 g/mol. The number of aliphatic hydroxyl groups excluding tert-OH is 1. The lowest BCUT2D eigenvalue weighted by Gasteiger charge is -2.35. The lowest BCUT2D eigenvalue weighted by Crippen LogP contribution is -2.27. The maximum absolute atomic E-state index is 13.7. The van der Waals surface area contributed by atoms with Crippen LogP contribution in [0.5, 0.6) is 0 Å². The molecule has 1 N–H and O–H groups in total. The Morgan fingerprint density at radius 2 is 1.35 bits per heavy atom. The van der Waals surface area contributed by atoms with Gasteiger partial charge in [0.2, 0.25) is 0 Å². The third-order valence-corrected chi connectivity index (χ3v) is 7.62. The quantitative estimate of drug-likeness (QED) is 0.861. The first-order valence-corrected chi connectivity index (χ1v) is 8.53. The molecule has 0 amide bonds. The van der Waals surface area contributed by atoms with Crippen LogP contribution in [0.25, 0.3) is 0 Å². The van der Waals surface area contributed by atoms with Gasteiger partial charge in [-0.1, -0.05) is 81.4 Å². The minimum atomic E-state index is -3.01. The summed E-state index contributed by atoms with van der Waals surface area (Å²) in [5, 5.41) is 11.0. The number of benzene rings is 2. The van der Waals surface area contributed by atoms with Gasteiger partial charge in [-0.25, -0.2) is 0 Å². The summed E-state index contributed by atoms with van der Waals surface area (Å²) in [5.74, 6) is -0.980. The van der Waals surface area contributed by atoms with E-state index in [-0.39, 0.29) is 0 Å². The van der Waals surface area contributed by atoms with Crippen molar-refractivity contribution in [3.05, 3.63) is 66.2 Å². The molecule has 0 aliphatic rings. The highest BCUT2D eigenvalue weighted by Crippen LogP contribution is 2.65. The molecule has 2 nitrogen and oxygen atoms in total. The van der Waals surface area contributed by atoms with Gasteiger partial charge in [-0.15, -0.1) is 0 Å². The summed E-state index contributed by atoms with van der Waals surface area (Å²) >= 11 is 0. The van der Waals surface area contributed by atoms with E-state index in [1.807, 2.05) is 81.4 Å². The number of rotatable bonds is 3. The van der Waals surface area contributed by atoms with Crippen molar-refractivity contribution in [3.63, 3.8) is 0 Å². The Morgan fingerprint density at radius 1 is 0.900 bits per heavy atom. The van der Waals surface area contributed by atoms with Crippen LogP contribution < -0.4 is 5.30 Å². The molecule has 0 spiro atoms. The molecule has 1 unspecified atom stereocenters. The fourth-order valence-electron chi connectivity index (χ4n) is 2.38. The molecule has 0 radical (unpaired) electrons. The van der Waals surface area contributed by atoms with Gasteiger partial charge in [-0.05, 0) is 5.56 Å². The van der Waals surface area contributed by atoms with Crippen molar-refractivity contribution in [2.75, 3.05) is 0 Å². The van der Waals surface area contributed by atoms with Gasteiger partial charge >= 0.3 is 0 Å². The average molecular weight is 288 g/mol. The molecule has 2 rings (SSSR count). The van der Waals surface area contributed by atoms with Crippen LogP contribution in [0.2, 0.25) is 0 Å². The van der Waals surface area contributed by atoms with Crippen molar-refractivity contribution in [1.82, 2.24) is 0 Å². The van der Waals surface area contributed by atoms with Crippen LogP contribution in [-0.4, -0.2) is 10.3 Å². The lowest BCUT2D eigenvalue weighted by molar-refractivity contribution is 0.251.